The number of carbonyl (C=O) groups excluding carboxylic acids is 1. The highest BCUT2D eigenvalue weighted by atomic mass is 35.5. The number of hydrogen-bond acceptors (Lipinski definition) is 3. The van der Waals surface area contributed by atoms with E-state index in [4.69, 9.17) is 16.3 Å². The van der Waals surface area contributed by atoms with Crippen molar-refractivity contribution in [3.63, 3.8) is 0 Å². The van der Waals surface area contributed by atoms with Gasteiger partial charge in [-0.15, -0.1) is 0 Å². The molecule has 0 aliphatic carbocycles. The Hall–Kier alpha value is -2.46. The number of esters is 1. The van der Waals surface area contributed by atoms with Gasteiger partial charge in [-0.3, -0.25) is 4.79 Å². The number of hydrogen-bond donors (Lipinski definition) is 1. The Bertz CT molecular complexity index is 987. The Morgan fingerprint density at radius 3 is 2.48 bits per heavy atom. The molecule has 4 nitrogen and oxygen atoms in total. The third kappa shape index (κ3) is 3.81. The summed E-state index contributed by atoms with van der Waals surface area (Å²) in [4.78, 5) is 12.2. The number of fused-ring (bicyclic) bond motifs is 1. The van der Waals surface area contributed by atoms with E-state index in [1.165, 1.54) is 7.11 Å². The molecule has 0 aliphatic heterocycles. The fourth-order valence-corrected chi connectivity index (χ4v) is 3.64. The van der Waals surface area contributed by atoms with E-state index in [0.717, 1.165) is 27.7 Å². The molecule has 1 heterocycles. The largest absolute Gasteiger partial charge is 0.508 e. The summed E-state index contributed by atoms with van der Waals surface area (Å²) in [6, 6.07) is 13.1. The number of aromatic nitrogens is 1. The minimum Gasteiger partial charge on any atom is -0.508 e. The number of phenolic OH excluding ortho intramolecular Hbond substituents is 1. The lowest BCUT2D eigenvalue weighted by atomic mass is 9.86. The van der Waals surface area contributed by atoms with Crippen molar-refractivity contribution in [2.24, 2.45) is 5.41 Å². The Morgan fingerprint density at radius 2 is 1.85 bits per heavy atom. The molecule has 0 aliphatic rings. The molecule has 0 unspecified atom stereocenters. The van der Waals surface area contributed by atoms with E-state index in [-0.39, 0.29) is 11.7 Å². The molecule has 0 atom stereocenters. The van der Waals surface area contributed by atoms with Crippen LogP contribution in [0.5, 0.6) is 5.75 Å². The van der Waals surface area contributed by atoms with Crippen LogP contribution in [0.1, 0.15) is 30.7 Å². The SMILES string of the molecule is COC(=O)C(C)(C)Cc1c(C)c2cc(O)ccc2n1Cc1ccc(Cl)cc1. The second-order valence-corrected chi connectivity index (χ2v) is 7.97. The van der Waals surface area contributed by atoms with Crippen LogP contribution in [0.25, 0.3) is 10.9 Å². The lowest BCUT2D eigenvalue weighted by Crippen LogP contribution is -2.29. The van der Waals surface area contributed by atoms with E-state index < -0.39 is 5.41 Å². The average Bonchev–Trinajstić information content (AvgIpc) is 2.87. The van der Waals surface area contributed by atoms with Gasteiger partial charge >= 0.3 is 5.97 Å². The summed E-state index contributed by atoms with van der Waals surface area (Å²) in [5.41, 5.74) is 3.60. The Labute approximate surface area is 164 Å². The highest BCUT2D eigenvalue weighted by Gasteiger charge is 2.31. The van der Waals surface area contributed by atoms with E-state index in [9.17, 15) is 9.90 Å². The number of ether oxygens (including phenoxy) is 1. The van der Waals surface area contributed by atoms with Crippen LogP contribution in [0.4, 0.5) is 0 Å². The Morgan fingerprint density at radius 1 is 1.19 bits per heavy atom. The molecule has 0 fully saturated rings. The van der Waals surface area contributed by atoms with Gasteiger partial charge in [0.2, 0.25) is 0 Å². The maximum atomic E-state index is 12.2. The molecule has 0 spiro atoms. The van der Waals surface area contributed by atoms with Crippen molar-refractivity contribution in [3.05, 3.63) is 64.3 Å². The fourth-order valence-electron chi connectivity index (χ4n) is 3.51. The minimum absolute atomic E-state index is 0.230. The van der Waals surface area contributed by atoms with Crippen LogP contribution >= 0.6 is 11.6 Å². The Kier molecular flexibility index (Phi) is 5.20. The van der Waals surface area contributed by atoms with Crippen LogP contribution in [0.2, 0.25) is 5.02 Å². The fraction of sp³-hybridized carbons (Fsp3) is 0.318. The van der Waals surface area contributed by atoms with Crippen molar-refractivity contribution in [3.8, 4) is 5.75 Å². The summed E-state index contributed by atoms with van der Waals surface area (Å²) in [6.45, 7) is 6.46. The number of benzene rings is 2. The van der Waals surface area contributed by atoms with Crippen LogP contribution in [0.15, 0.2) is 42.5 Å². The minimum atomic E-state index is -0.659. The molecule has 0 amide bonds. The molecular weight excluding hydrogens is 362 g/mol. The lowest BCUT2D eigenvalue weighted by Gasteiger charge is -2.23. The first-order valence-electron chi connectivity index (χ1n) is 8.86. The number of halogens is 1. The van der Waals surface area contributed by atoms with Crippen LogP contribution in [-0.4, -0.2) is 22.8 Å². The highest BCUT2D eigenvalue weighted by Crippen LogP contribution is 2.34. The monoisotopic (exact) mass is 385 g/mol. The van der Waals surface area contributed by atoms with Gasteiger partial charge in [-0.2, -0.15) is 0 Å². The van der Waals surface area contributed by atoms with E-state index in [2.05, 4.69) is 4.57 Å². The zero-order chi connectivity index (χ0) is 19.8. The molecule has 0 radical (unpaired) electrons. The van der Waals surface area contributed by atoms with Crippen molar-refractivity contribution < 1.29 is 14.6 Å². The zero-order valence-corrected chi connectivity index (χ0v) is 16.8. The summed E-state index contributed by atoms with van der Waals surface area (Å²) in [7, 11) is 1.41. The molecule has 3 rings (SSSR count). The van der Waals surface area contributed by atoms with Gasteiger partial charge in [0.1, 0.15) is 5.75 Å². The second-order valence-electron chi connectivity index (χ2n) is 7.54. The van der Waals surface area contributed by atoms with Gasteiger partial charge in [0.15, 0.2) is 0 Å². The lowest BCUT2D eigenvalue weighted by molar-refractivity contribution is -0.150. The third-order valence-corrected chi connectivity index (χ3v) is 5.29. The van der Waals surface area contributed by atoms with Crippen molar-refractivity contribution in [1.82, 2.24) is 4.57 Å². The third-order valence-electron chi connectivity index (χ3n) is 5.03. The molecule has 2 aromatic carbocycles. The molecule has 3 aromatic rings. The summed E-state index contributed by atoms with van der Waals surface area (Å²) >= 11 is 6.01. The summed E-state index contributed by atoms with van der Waals surface area (Å²) in [5.74, 6) is -0.0129. The van der Waals surface area contributed by atoms with Gasteiger partial charge in [-0.05, 0) is 62.2 Å². The first kappa shape index (κ1) is 19.3. The number of phenols is 1. The smallest absolute Gasteiger partial charge is 0.311 e. The van der Waals surface area contributed by atoms with Gasteiger partial charge in [0.25, 0.3) is 0 Å². The molecule has 27 heavy (non-hydrogen) atoms. The topological polar surface area (TPSA) is 51.5 Å². The number of rotatable bonds is 5. The van der Waals surface area contributed by atoms with E-state index in [1.54, 1.807) is 12.1 Å². The van der Waals surface area contributed by atoms with Crippen LogP contribution in [0, 0.1) is 12.3 Å². The average molecular weight is 386 g/mol. The van der Waals surface area contributed by atoms with Crippen LogP contribution in [-0.2, 0) is 22.5 Å². The van der Waals surface area contributed by atoms with E-state index in [1.807, 2.05) is 51.1 Å². The van der Waals surface area contributed by atoms with Gasteiger partial charge < -0.3 is 14.4 Å². The molecule has 1 aromatic heterocycles. The maximum absolute atomic E-state index is 12.2. The molecule has 0 bridgehead atoms. The Balaban J connectivity index is 2.14. The van der Waals surface area contributed by atoms with Crippen LogP contribution in [0.3, 0.4) is 0 Å². The van der Waals surface area contributed by atoms with Crippen LogP contribution < -0.4 is 0 Å². The summed E-state index contributed by atoms with van der Waals surface area (Å²) in [6.07, 6.45) is 0.536. The predicted octanol–water partition coefficient (Wildman–Crippen LogP) is 5.10. The molecular formula is C22H24ClNO3. The van der Waals surface area contributed by atoms with Crippen molar-refractivity contribution in [2.75, 3.05) is 7.11 Å². The standard InChI is InChI=1S/C22H24ClNO3/c1-14-18-11-17(25)9-10-19(18)24(13-15-5-7-16(23)8-6-15)20(14)12-22(2,3)21(26)27-4/h5-11,25H,12-13H2,1-4H3. The quantitative estimate of drug-likeness (QED) is 0.622. The second kappa shape index (κ2) is 7.28. The summed E-state index contributed by atoms with van der Waals surface area (Å²) in [5, 5.41) is 11.6. The van der Waals surface area contributed by atoms with Gasteiger partial charge in [-0.1, -0.05) is 23.7 Å². The van der Waals surface area contributed by atoms with E-state index >= 15 is 0 Å². The molecule has 0 saturated heterocycles. The molecule has 0 saturated carbocycles. The number of aryl methyl sites for hydroxylation is 1. The normalized spacial score (nSPS) is 11.7. The van der Waals surface area contributed by atoms with Crippen molar-refractivity contribution in [1.29, 1.82) is 0 Å². The zero-order valence-electron chi connectivity index (χ0n) is 16.0. The maximum Gasteiger partial charge on any atom is 0.311 e. The van der Waals surface area contributed by atoms with Gasteiger partial charge in [0.05, 0.1) is 12.5 Å². The first-order chi connectivity index (χ1) is 12.7. The number of aromatic hydroxyl groups is 1. The summed E-state index contributed by atoms with van der Waals surface area (Å²) < 4.78 is 7.20. The first-order valence-corrected chi connectivity index (χ1v) is 9.24. The van der Waals surface area contributed by atoms with E-state index in [0.29, 0.717) is 18.0 Å². The van der Waals surface area contributed by atoms with Crippen molar-refractivity contribution in [2.45, 2.75) is 33.7 Å². The molecule has 142 valence electrons. The number of nitrogens with zero attached hydrogens (tertiary/aromatic N) is 1. The van der Waals surface area contributed by atoms with Crippen molar-refractivity contribution >= 4 is 28.5 Å². The number of methoxy groups -OCH3 is 1. The molecule has 1 N–H and O–H groups in total. The number of carbonyl (C=O) groups is 1. The van der Waals surface area contributed by atoms with Gasteiger partial charge in [-0.25, -0.2) is 0 Å². The molecule has 5 heteroatoms. The predicted molar refractivity (Wildman–Crippen MR) is 108 cm³/mol. The van der Waals surface area contributed by atoms with Gasteiger partial charge in [0, 0.05) is 34.6 Å². The highest BCUT2D eigenvalue weighted by molar-refractivity contribution is 6.30.